The van der Waals surface area contributed by atoms with Crippen molar-refractivity contribution >= 4 is 0 Å². The van der Waals surface area contributed by atoms with E-state index in [9.17, 15) is 0 Å². The smallest absolute Gasteiger partial charge is 0.0616 e. The second-order valence-electron chi connectivity index (χ2n) is 5.02. The highest BCUT2D eigenvalue weighted by molar-refractivity contribution is 5.37. The molecule has 2 atom stereocenters. The molecule has 0 radical (unpaired) electrons. The van der Waals surface area contributed by atoms with Crippen LogP contribution >= 0.6 is 0 Å². The molecule has 0 aliphatic heterocycles. The maximum atomic E-state index is 5.45. The fourth-order valence-corrected chi connectivity index (χ4v) is 2.58. The maximum absolute atomic E-state index is 5.45. The average Bonchev–Trinajstić information content (AvgIpc) is 2.69. The highest BCUT2D eigenvalue weighted by atomic mass is 16.5. The van der Waals surface area contributed by atoms with Crippen molar-refractivity contribution in [1.29, 1.82) is 0 Å². The minimum Gasteiger partial charge on any atom is -0.380 e. The second kappa shape index (κ2) is 5.65. The van der Waals surface area contributed by atoms with Gasteiger partial charge in [0, 0.05) is 18.7 Å². The van der Waals surface area contributed by atoms with Gasteiger partial charge in [0.2, 0.25) is 0 Å². The molecule has 2 nitrogen and oxygen atoms in total. The molecule has 1 aliphatic rings. The Kier molecular flexibility index (Phi) is 4.19. The van der Waals surface area contributed by atoms with Crippen molar-refractivity contribution in [3.8, 4) is 0 Å². The third kappa shape index (κ3) is 3.08. The Morgan fingerprint density at radius 2 is 2.29 bits per heavy atom. The minimum absolute atomic E-state index is 0.423. The first-order valence-corrected chi connectivity index (χ1v) is 6.64. The van der Waals surface area contributed by atoms with Crippen LogP contribution in [-0.2, 0) is 11.2 Å². The van der Waals surface area contributed by atoms with Crippen LogP contribution in [0, 0.1) is 6.92 Å². The van der Waals surface area contributed by atoms with Crippen molar-refractivity contribution < 1.29 is 4.74 Å². The number of fused-ring (bicyclic) bond motifs is 1. The molecule has 2 unspecified atom stereocenters. The number of hydrogen-bond acceptors (Lipinski definition) is 2. The van der Waals surface area contributed by atoms with Crippen LogP contribution in [0.15, 0.2) is 18.2 Å². The Bertz CT molecular complexity index is 375. The molecule has 0 heterocycles. The Balaban J connectivity index is 1.99. The molecule has 0 saturated carbocycles. The first-order chi connectivity index (χ1) is 8.20. The lowest BCUT2D eigenvalue weighted by atomic mass is 10.0. The summed E-state index contributed by atoms with van der Waals surface area (Å²) >= 11 is 0. The predicted octanol–water partition coefficient (Wildman–Crippen LogP) is 3.00. The average molecular weight is 233 g/mol. The van der Waals surface area contributed by atoms with Gasteiger partial charge in [0.1, 0.15) is 0 Å². The molecule has 0 amide bonds. The number of nitrogens with one attached hydrogen (secondary N) is 1. The molecule has 1 aromatic carbocycles. The summed E-state index contributed by atoms with van der Waals surface area (Å²) in [5.74, 6) is 0. The highest BCUT2D eigenvalue weighted by Crippen LogP contribution is 2.31. The molecule has 0 fully saturated rings. The molecular formula is C15H23NO. The largest absolute Gasteiger partial charge is 0.380 e. The Labute approximate surface area is 104 Å². The summed E-state index contributed by atoms with van der Waals surface area (Å²) in [6.45, 7) is 8.00. The van der Waals surface area contributed by atoms with Crippen molar-refractivity contribution in [3.05, 3.63) is 34.9 Å². The fraction of sp³-hybridized carbons (Fsp3) is 0.600. The topological polar surface area (TPSA) is 21.3 Å². The van der Waals surface area contributed by atoms with Gasteiger partial charge in [-0.3, -0.25) is 0 Å². The van der Waals surface area contributed by atoms with Crippen molar-refractivity contribution in [2.75, 3.05) is 13.2 Å². The maximum Gasteiger partial charge on any atom is 0.0616 e. The quantitative estimate of drug-likeness (QED) is 0.844. The lowest BCUT2D eigenvalue weighted by Crippen LogP contribution is -2.33. The summed E-state index contributed by atoms with van der Waals surface area (Å²) in [5, 5.41) is 3.67. The van der Waals surface area contributed by atoms with E-state index >= 15 is 0 Å². The Morgan fingerprint density at radius 3 is 3.06 bits per heavy atom. The minimum atomic E-state index is 0.423. The predicted molar refractivity (Wildman–Crippen MR) is 71.3 cm³/mol. The molecule has 0 bridgehead atoms. The van der Waals surface area contributed by atoms with Crippen LogP contribution in [0.2, 0.25) is 0 Å². The van der Waals surface area contributed by atoms with E-state index in [0.717, 1.165) is 13.2 Å². The first-order valence-electron chi connectivity index (χ1n) is 6.64. The molecule has 0 aromatic heterocycles. The summed E-state index contributed by atoms with van der Waals surface area (Å²) in [6, 6.07) is 7.75. The molecule has 0 spiro atoms. The van der Waals surface area contributed by atoms with Gasteiger partial charge in [0.05, 0.1) is 6.61 Å². The van der Waals surface area contributed by atoms with Crippen molar-refractivity contribution in [2.24, 2.45) is 0 Å². The summed E-state index contributed by atoms with van der Waals surface area (Å²) in [7, 11) is 0. The standard InChI is InChI=1S/C15H23NO/c1-4-17-10-12(3)16-15-8-7-13-6-5-11(2)9-14(13)15/h5-6,9,12,15-16H,4,7-8,10H2,1-3H3. The van der Waals surface area contributed by atoms with E-state index in [1.165, 1.54) is 29.5 Å². The van der Waals surface area contributed by atoms with Crippen LogP contribution in [-0.4, -0.2) is 19.3 Å². The van der Waals surface area contributed by atoms with Gasteiger partial charge in [-0.1, -0.05) is 23.8 Å². The van der Waals surface area contributed by atoms with E-state index < -0.39 is 0 Å². The van der Waals surface area contributed by atoms with E-state index in [1.54, 1.807) is 0 Å². The number of rotatable bonds is 5. The third-order valence-electron chi connectivity index (χ3n) is 3.44. The Hall–Kier alpha value is -0.860. The van der Waals surface area contributed by atoms with Gasteiger partial charge in [-0.25, -0.2) is 0 Å². The monoisotopic (exact) mass is 233 g/mol. The lowest BCUT2D eigenvalue weighted by Gasteiger charge is -2.20. The zero-order valence-electron chi connectivity index (χ0n) is 11.1. The van der Waals surface area contributed by atoms with Crippen LogP contribution in [0.4, 0.5) is 0 Å². The van der Waals surface area contributed by atoms with Gasteiger partial charge < -0.3 is 10.1 Å². The molecule has 2 rings (SSSR count). The van der Waals surface area contributed by atoms with Gasteiger partial charge in [-0.05, 0) is 44.7 Å². The lowest BCUT2D eigenvalue weighted by molar-refractivity contribution is 0.123. The van der Waals surface area contributed by atoms with Crippen molar-refractivity contribution in [3.63, 3.8) is 0 Å². The van der Waals surface area contributed by atoms with Crippen LogP contribution in [0.1, 0.15) is 43.0 Å². The van der Waals surface area contributed by atoms with Gasteiger partial charge >= 0.3 is 0 Å². The Morgan fingerprint density at radius 1 is 1.47 bits per heavy atom. The number of aryl methyl sites for hydroxylation is 2. The molecular weight excluding hydrogens is 210 g/mol. The third-order valence-corrected chi connectivity index (χ3v) is 3.44. The molecule has 2 heteroatoms. The van der Waals surface area contributed by atoms with Gasteiger partial charge in [0.25, 0.3) is 0 Å². The van der Waals surface area contributed by atoms with Crippen LogP contribution in [0.3, 0.4) is 0 Å². The van der Waals surface area contributed by atoms with E-state index in [4.69, 9.17) is 4.74 Å². The van der Waals surface area contributed by atoms with E-state index in [0.29, 0.717) is 12.1 Å². The zero-order chi connectivity index (χ0) is 12.3. The SMILES string of the molecule is CCOCC(C)NC1CCc2ccc(C)cc21. The van der Waals surface area contributed by atoms with Crippen LogP contribution in [0.25, 0.3) is 0 Å². The molecule has 0 saturated heterocycles. The normalized spacial score (nSPS) is 20.3. The molecule has 94 valence electrons. The molecule has 17 heavy (non-hydrogen) atoms. The van der Waals surface area contributed by atoms with E-state index in [2.05, 4.69) is 37.4 Å². The van der Waals surface area contributed by atoms with Crippen LogP contribution in [0.5, 0.6) is 0 Å². The van der Waals surface area contributed by atoms with Crippen LogP contribution < -0.4 is 5.32 Å². The summed E-state index contributed by atoms with van der Waals surface area (Å²) < 4.78 is 5.45. The fourth-order valence-electron chi connectivity index (χ4n) is 2.58. The van der Waals surface area contributed by atoms with E-state index in [1.807, 2.05) is 6.92 Å². The first kappa shape index (κ1) is 12.6. The summed E-state index contributed by atoms with van der Waals surface area (Å²) in [5.41, 5.74) is 4.36. The van der Waals surface area contributed by atoms with E-state index in [-0.39, 0.29) is 0 Å². The van der Waals surface area contributed by atoms with Crippen molar-refractivity contribution in [1.82, 2.24) is 5.32 Å². The number of ether oxygens (including phenoxy) is 1. The molecule has 1 aliphatic carbocycles. The van der Waals surface area contributed by atoms with Gasteiger partial charge in [-0.2, -0.15) is 0 Å². The number of benzene rings is 1. The summed E-state index contributed by atoms with van der Waals surface area (Å²) in [4.78, 5) is 0. The second-order valence-corrected chi connectivity index (χ2v) is 5.02. The van der Waals surface area contributed by atoms with Crippen molar-refractivity contribution in [2.45, 2.75) is 45.7 Å². The highest BCUT2D eigenvalue weighted by Gasteiger charge is 2.23. The zero-order valence-corrected chi connectivity index (χ0v) is 11.1. The summed E-state index contributed by atoms with van der Waals surface area (Å²) in [6.07, 6.45) is 2.42. The molecule has 1 aromatic rings. The number of hydrogen-bond donors (Lipinski definition) is 1. The molecule has 1 N–H and O–H groups in total. The van der Waals surface area contributed by atoms with Gasteiger partial charge in [0.15, 0.2) is 0 Å². The van der Waals surface area contributed by atoms with Gasteiger partial charge in [-0.15, -0.1) is 0 Å².